The maximum Gasteiger partial charge on any atom is 0.444 e. The first kappa shape index (κ1) is 21.7. The number of aromatic nitrogens is 2. The molecule has 2 aromatic rings. The number of hydrogen-bond donors (Lipinski definition) is 1. The van der Waals surface area contributed by atoms with Gasteiger partial charge in [0.25, 0.3) is 0 Å². The van der Waals surface area contributed by atoms with Crippen LogP contribution >= 0.6 is 0 Å². The predicted octanol–water partition coefficient (Wildman–Crippen LogP) is 4.69. The molecule has 0 spiro atoms. The molecule has 2 rings (SSSR count). The fourth-order valence-corrected chi connectivity index (χ4v) is 3.01. The second-order valence-corrected chi connectivity index (χ2v) is 6.92. The van der Waals surface area contributed by atoms with Crippen LogP contribution in [0.4, 0.5) is 5.69 Å². The van der Waals surface area contributed by atoms with E-state index in [4.69, 9.17) is 9.15 Å². The van der Waals surface area contributed by atoms with Gasteiger partial charge in [-0.2, -0.15) is 4.68 Å². The van der Waals surface area contributed by atoms with Crippen LogP contribution in [0, 0.1) is 0 Å². The lowest BCUT2D eigenvalue weighted by atomic mass is 10.1. The minimum Gasteiger partial charge on any atom is -0.452 e. The lowest BCUT2D eigenvalue weighted by molar-refractivity contribution is -0.116. The Morgan fingerprint density at radius 3 is 2.21 bits per heavy atom. The third-order valence-electron chi connectivity index (χ3n) is 4.61. The highest BCUT2D eigenvalue weighted by atomic mass is 16.6. The number of carbonyl (C=O) groups is 1. The van der Waals surface area contributed by atoms with Gasteiger partial charge in [-0.15, -0.1) is 0 Å². The molecule has 0 aliphatic rings. The standard InChI is InChI=1S/C21H31N3O4/c1-3-4-5-6-7-8-9-10-11-12-19(25)22-17-13-15-18(16-14-17)24-21(26)28-20(23-24)27-2/h13-16H,3-12H2,1-2H3,(H,22,25). The van der Waals surface area contributed by atoms with Crippen molar-refractivity contribution in [2.45, 2.75) is 71.1 Å². The fraction of sp³-hybridized carbons (Fsp3) is 0.571. The molecule has 0 aliphatic heterocycles. The number of amides is 1. The summed E-state index contributed by atoms with van der Waals surface area (Å²) in [5, 5.41) is 6.78. The van der Waals surface area contributed by atoms with Crippen molar-refractivity contribution in [1.82, 2.24) is 9.78 Å². The summed E-state index contributed by atoms with van der Waals surface area (Å²) < 4.78 is 10.7. The molecule has 0 aliphatic carbocycles. The van der Waals surface area contributed by atoms with Crippen LogP contribution in [-0.2, 0) is 4.79 Å². The number of carbonyl (C=O) groups excluding carboxylic acids is 1. The summed E-state index contributed by atoms with van der Waals surface area (Å²) >= 11 is 0. The minimum absolute atomic E-state index is 0.0102. The van der Waals surface area contributed by atoms with E-state index in [1.807, 2.05) is 0 Å². The van der Waals surface area contributed by atoms with Gasteiger partial charge in [0, 0.05) is 12.1 Å². The summed E-state index contributed by atoms with van der Waals surface area (Å²) in [6.45, 7) is 2.23. The molecule has 28 heavy (non-hydrogen) atoms. The Labute approximate surface area is 166 Å². The smallest absolute Gasteiger partial charge is 0.444 e. The van der Waals surface area contributed by atoms with Crippen molar-refractivity contribution in [2.75, 3.05) is 12.4 Å². The third kappa shape index (κ3) is 7.21. The Morgan fingerprint density at radius 2 is 1.64 bits per heavy atom. The first-order valence-electron chi connectivity index (χ1n) is 10.2. The average molecular weight is 389 g/mol. The normalized spacial score (nSPS) is 10.8. The Hall–Kier alpha value is -2.57. The van der Waals surface area contributed by atoms with Crippen molar-refractivity contribution in [3.05, 3.63) is 34.8 Å². The van der Waals surface area contributed by atoms with Crippen molar-refractivity contribution < 1.29 is 13.9 Å². The molecule has 154 valence electrons. The van der Waals surface area contributed by atoms with Crippen LogP contribution in [0.1, 0.15) is 71.1 Å². The van der Waals surface area contributed by atoms with Crippen LogP contribution in [0.25, 0.3) is 5.69 Å². The van der Waals surface area contributed by atoms with Crippen LogP contribution in [0.5, 0.6) is 6.08 Å². The quantitative estimate of drug-likeness (QED) is 0.502. The highest BCUT2D eigenvalue weighted by Gasteiger charge is 2.10. The molecule has 1 aromatic heterocycles. The third-order valence-corrected chi connectivity index (χ3v) is 4.61. The zero-order valence-corrected chi connectivity index (χ0v) is 16.9. The zero-order valence-electron chi connectivity index (χ0n) is 16.9. The second-order valence-electron chi connectivity index (χ2n) is 6.92. The van der Waals surface area contributed by atoms with Gasteiger partial charge in [-0.1, -0.05) is 63.4 Å². The molecule has 7 heteroatoms. The molecule has 0 fully saturated rings. The van der Waals surface area contributed by atoms with Gasteiger partial charge >= 0.3 is 11.8 Å². The zero-order chi connectivity index (χ0) is 20.2. The summed E-state index contributed by atoms with van der Waals surface area (Å²) in [6, 6.07) is 6.85. The molecular weight excluding hydrogens is 358 g/mol. The maximum absolute atomic E-state index is 12.1. The topological polar surface area (TPSA) is 86.4 Å². The van der Waals surface area contributed by atoms with E-state index in [1.165, 1.54) is 52.1 Å². The Bertz CT molecular complexity index is 765. The number of unbranched alkanes of at least 4 members (excludes halogenated alkanes) is 8. The van der Waals surface area contributed by atoms with Gasteiger partial charge in [0.05, 0.1) is 12.8 Å². The van der Waals surface area contributed by atoms with Crippen molar-refractivity contribution in [2.24, 2.45) is 0 Å². The Kier molecular flexibility index (Phi) is 9.31. The van der Waals surface area contributed by atoms with Crippen molar-refractivity contribution in [1.29, 1.82) is 0 Å². The van der Waals surface area contributed by atoms with Gasteiger partial charge in [-0.3, -0.25) is 4.79 Å². The van der Waals surface area contributed by atoms with E-state index >= 15 is 0 Å². The SMILES string of the molecule is CCCCCCCCCCCC(=O)Nc1ccc(-n2nc(OC)oc2=O)cc1. The maximum atomic E-state index is 12.1. The number of nitrogens with one attached hydrogen (secondary N) is 1. The molecule has 0 saturated carbocycles. The number of nitrogens with zero attached hydrogens (tertiary/aromatic N) is 2. The van der Waals surface area contributed by atoms with Crippen LogP contribution in [-0.4, -0.2) is 22.8 Å². The van der Waals surface area contributed by atoms with Crippen LogP contribution in [0.2, 0.25) is 0 Å². The van der Waals surface area contributed by atoms with E-state index in [-0.39, 0.29) is 12.0 Å². The molecule has 1 amide bonds. The van der Waals surface area contributed by atoms with Crippen molar-refractivity contribution >= 4 is 11.6 Å². The summed E-state index contributed by atoms with van der Waals surface area (Å²) in [4.78, 5) is 23.8. The van der Waals surface area contributed by atoms with Gasteiger partial charge in [-0.05, 0) is 30.7 Å². The number of benzene rings is 1. The van der Waals surface area contributed by atoms with Crippen LogP contribution in [0.3, 0.4) is 0 Å². The molecule has 0 bridgehead atoms. The lowest BCUT2D eigenvalue weighted by Crippen LogP contribution is -2.14. The lowest BCUT2D eigenvalue weighted by Gasteiger charge is -2.06. The van der Waals surface area contributed by atoms with Gasteiger partial charge < -0.3 is 14.5 Å². The van der Waals surface area contributed by atoms with Crippen LogP contribution < -0.4 is 15.8 Å². The first-order chi connectivity index (χ1) is 13.6. The predicted molar refractivity (Wildman–Crippen MR) is 109 cm³/mol. The molecule has 0 atom stereocenters. The summed E-state index contributed by atoms with van der Waals surface area (Å²) in [6.07, 6.45) is 11.5. The minimum atomic E-state index is -0.626. The molecule has 0 saturated heterocycles. The molecule has 1 N–H and O–H groups in total. The number of rotatable bonds is 13. The summed E-state index contributed by atoms with van der Waals surface area (Å²) in [5.74, 6) is -0.616. The van der Waals surface area contributed by atoms with E-state index in [1.54, 1.807) is 24.3 Å². The van der Waals surface area contributed by atoms with E-state index in [9.17, 15) is 9.59 Å². The fourth-order valence-electron chi connectivity index (χ4n) is 3.01. The number of anilines is 1. The Balaban J connectivity index is 1.67. The molecule has 0 unspecified atom stereocenters. The van der Waals surface area contributed by atoms with Crippen molar-refractivity contribution in [3.8, 4) is 11.8 Å². The average Bonchev–Trinajstić information content (AvgIpc) is 3.08. The highest BCUT2D eigenvalue weighted by Crippen LogP contribution is 2.14. The van der Waals surface area contributed by atoms with Crippen molar-refractivity contribution in [3.63, 3.8) is 0 Å². The van der Waals surface area contributed by atoms with E-state index in [2.05, 4.69) is 17.3 Å². The largest absolute Gasteiger partial charge is 0.452 e. The molecule has 0 radical (unpaired) electrons. The van der Waals surface area contributed by atoms with Gasteiger partial charge in [0.2, 0.25) is 5.91 Å². The van der Waals surface area contributed by atoms with Gasteiger partial charge in [-0.25, -0.2) is 4.79 Å². The van der Waals surface area contributed by atoms with Crippen LogP contribution in [0.15, 0.2) is 33.5 Å². The Morgan fingerprint density at radius 1 is 1.04 bits per heavy atom. The summed E-state index contributed by atoms with van der Waals surface area (Å²) in [5.41, 5.74) is 1.22. The van der Waals surface area contributed by atoms with Gasteiger partial charge in [0.1, 0.15) is 0 Å². The molecule has 1 aromatic carbocycles. The van der Waals surface area contributed by atoms with Gasteiger partial charge in [0.15, 0.2) is 0 Å². The number of ether oxygens (including phenoxy) is 1. The highest BCUT2D eigenvalue weighted by molar-refractivity contribution is 5.90. The monoisotopic (exact) mass is 389 g/mol. The molecule has 7 nitrogen and oxygen atoms in total. The first-order valence-corrected chi connectivity index (χ1v) is 10.2. The second kappa shape index (κ2) is 12.0. The number of hydrogen-bond acceptors (Lipinski definition) is 5. The number of methoxy groups -OCH3 is 1. The van der Waals surface area contributed by atoms with E-state index in [0.717, 1.165) is 17.5 Å². The van der Waals surface area contributed by atoms with E-state index < -0.39 is 5.76 Å². The molecular formula is C21H31N3O4. The van der Waals surface area contributed by atoms with E-state index in [0.29, 0.717) is 17.8 Å². The molecule has 1 heterocycles. The summed E-state index contributed by atoms with van der Waals surface area (Å²) in [7, 11) is 1.38.